The number of benzene rings is 1. The van der Waals surface area contributed by atoms with Crippen molar-refractivity contribution in [2.45, 2.75) is 13.8 Å². The average molecular weight is 290 g/mol. The topological polar surface area (TPSA) is 80.1 Å². The first kappa shape index (κ1) is 14.7. The first-order valence-corrected chi connectivity index (χ1v) is 6.42. The molecule has 0 atom stereocenters. The van der Waals surface area contributed by atoms with Crippen molar-refractivity contribution in [2.75, 3.05) is 17.2 Å². The van der Waals surface area contributed by atoms with Gasteiger partial charge in [-0.05, 0) is 37.6 Å². The molecular weight excluding hydrogens is 275 g/mol. The molecule has 0 aliphatic heterocycles. The van der Waals surface area contributed by atoms with Crippen LogP contribution in [0, 0.1) is 22.9 Å². The normalized spacial score (nSPS) is 10.2. The summed E-state index contributed by atoms with van der Waals surface area (Å²) in [5.74, 6) is 0.294. The van der Waals surface area contributed by atoms with Gasteiger partial charge in [0.05, 0.1) is 17.1 Å². The first-order valence-electron chi connectivity index (χ1n) is 6.42. The van der Waals surface area contributed by atoms with Crippen molar-refractivity contribution in [3.05, 3.63) is 51.8 Å². The Morgan fingerprint density at radius 1 is 1.24 bits per heavy atom. The molecule has 7 heteroatoms. The van der Waals surface area contributed by atoms with Crippen LogP contribution in [0.15, 0.2) is 30.3 Å². The molecule has 0 radical (unpaired) electrons. The van der Waals surface area contributed by atoms with Crippen molar-refractivity contribution in [3.63, 3.8) is 0 Å². The highest BCUT2D eigenvalue weighted by molar-refractivity contribution is 5.62. The van der Waals surface area contributed by atoms with Crippen LogP contribution in [0.25, 0.3) is 0 Å². The molecule has 2 aromatic rings. The number of nitrogens with one attached hydrogen (secondary N) is 2. The fraction of sp³-hybridized carbons (Fsp3) is 0.214. The van der Waals surface area contributed by atoms with Crippen molar-refractivity contribution < 1.29 is 9.31 Å². The molecule has 1 aromatic carbocycles. The Morgan fingerprint density at radius 3 is 2.57 bits per heavy atom. The number of anilines is 3. The Bertz CT molecular complexity index is 656. The molecule has 6 nitrogen and oxygen atoms in total. The van der Waals surface area contributed by atoms with Crippen LogP contribution in [0.2, 0.25) is 0 Å². The van der Waals surface area contributed by atoms with Crippen molar-refractivity contribution in [3.8, 4) is 0 Å². The van der Waals surface area contributed by atoms with Crippen LogP contribution in [0.1, 0.15) is 12.5 Å². The van der Waals surface area contributed by atoms with E-state index < -0.39 is 4.92 Å². The van der Waals surface area contributed by atoms with Crippen LogP contribution < -0.4 is 10.6 Å². The average Bonchev–Trinajstić information content (AvgIpc) is 2.37. The summed E-state index contributed by atoms with van der Waals surface area (Å²) in [6.45, 7) is 4.22. The Kier molecular flexibility index (Phi) is 4.32. The largest absolute Gasteiger partial charge is 0.370 e. The highest BCUT2D eigenvalue weighted by atomic mass is 19.1. The van der Waals surface area contributed by atoms with E-state index in [4.69, 9.17) is 0 Å². The Labute approximate surface area is 121 Å². The van der Waals surface area contributed by atoms with E-state index in [9.17, 15) is 14.5 Å². The molecule has 0 fully saturated rings. The van der Waals surface area contributed by atoms with E-state index in [2.05, 4.69) is 15.6 Å². The molecular formula is C14H15FN4O2. The molecule has 1 aromatic heterocycles. The lowest BCUT2D eigenvalue weighted by molar-refractivity contribution is -0.384. The monoisotopic (exact) mass is 290 g/mol. The summed E-state index contributed by atoms with van der Waals surface area (Å²) < 4.78 is 13.4. The molecule has 0 saturated carbocycles. The van der Waals surface area contributed by atoms with Gasteiger partial charge in [0.15, 0.2) is 0 Å². The minimum absolute atomic E-state index is 0.0865. The number of nitro groups is 1. The van der Waals surface area contributed by atoms with Crippen LogP contribution in [-0.2, 0) is 0 Å². The highest BCUT2D eigenvalue weighted by Gasteiger charge is 2.11. The van der Waals surface area contributed by atoms with Gasteiger partial charge in [-0.1, -0.05) is 0 Å². The number of rotatable bonds is 5. The molecule has 2 N–H and O–H groups in total. The van der Waals surface area contributed by atoms with Gasteiger partial charge in [-0.25, -0.2) is 9.37 Å². The number of hydrogen-bond donors (Lipinski definition) is 2. The third kappa shape index (κ3) is 3.88. The molecule has 0 saturated heterocycles. The van der Waals surface area contributed by atoms with E-state index in [1.54, 1.807) is 13.0 Å². The van der Waals surface area contributed by atoms with Crippen LogP contribution >= 0.6 is 0 Å². The van der Waals surface area contributed by atoms with E-state index in [0.717, 1.165) is 5.56 Å². The maximum absolute atomic E-state index is 13.4. The maximum atomic E-state index is 13.4. The Morgan fingerprint density at radius 2 is 1.95 bits per heavy atom. The smallest absolute Gasteiger partial charge is 0.276 e. The molecule has 21 heavy (non-hydrogen) atoms. The van der Waals surface area contributed by atoms with Gasteiger partial charge in [0.25, 0.3) is 5.69 Å². The first-order chi connectivity index (χ1) is 9.97. The molecule has 0 bridgehead atoms. The van der Waals surface area contributed by atoms with E-state index in [1.807, 2.05) is 6.92 Å². The fourth-order valence-corrected chi connectivity index (χ4v) is 1.91. The third-order valence-electron chi connectivity index (χ3n) is 2.69. The maximum Gasteiger partial charge on any atom is 0.276 e. The van der Waals surface area contributed by atoms with E-state index >= 15 is 0 Å². The zero-order valence-corrected chi connectivity index (χ0v) is 11.7. The molecule has 0 amide bonds. The minimum atomic E-state index is -0.496. The summed E-state index contributed by atoms with van der Waals surface area (Å²) >= 11 is 0. The number of pyridine rings is 1. The van der Waals surface area contributed by atoms with Crippen LogP contribution in [0.5, 0.6) is 0 Å². The van der Waals surface area contributed by atoms with Gasteiger partial charge >= 0.3 is 0 Å². The number of hydrogen-bond acceptors (Lipinski definition) is 5. The fourth-order valence-electron chi connectivity index (χ4n) is 1.91. The van der Waals surface area contributed by atoms with Crippen molar-refractivity contribution in [2.24, 2.45) is 0 Å². The SMILES string of the molecule is CCNc1cc([N+](=O)[O-])cc(Nc2cc(C)cc(F)c2)n1. The lowest BCUT2D eigenvalue weighted by Gasteiger charge is -2.09. The van der Waals surface area contributed by atoms with E-state index in [0.29, 0.717) is 18.1 Å². The molecule has 0 aliphatic rings. The van der Waals surface area contributed by atoms with E-state index in [1.165, 1.54) is 24.3 Å². The Balaban J connectivity index is 2.35. The quantitative estimate of drug-likeness (QED) is 0.649. The molecule has 1 heterocycles. The second-order valence-corrected chi connectivity index (χ2v) is 4.53. The summed E-state index contributed by atoms with van der Waals surface area (Å²) in [6, 6.07) is 7.10. The number of nitrogens with zero attached hydrogens (tertiary/aromatic N) is 2. The minimum Gasteiger partial charge on any atom is -0.370 e. The molecule has 0 aliphatic carbocycles. The summed E-state index contributed by atoms with van der Waals surface area (Å²) in [4.78, 5) is 14.6. The van der Waals surface area contributed by atoms with Crippen molar-refractivity contribution in [1.82, 2.24) is 4.98 Å². The van der Waals surface area contributed by atoms with Crippen LogP contribution in [0.3, 0.4) is 0 Å². The second-order valence-electron chi connectivity index (χ2n) is 4.53. The second kappa shape index (κ2) is 6.17. The van der Waals surface area contributed by atoms with Gasteiger partial charge in [0.2, 0.25) is 0 Å². The van der Waals surface area contributed by atoms with Gasteiger partial charge in [-0.2, -0.15) is 0 Å². The lowest BCUT2D eigenvalue weighted by atomic mass is 10.2. The molecule has 0 spiro atoms. The van der Waals surface area contributed by atoms with Gasteiger partial charge in [0, 0.05) is 12.2 Å². The van der Waals surface area contributed by atoms with Crippen molar-refractivity contribution in [1.29, 1.82) is 0 Å². The summed E-state index contributed by atoms with van der Waals surface area (Å²) in [6.07, 6.45) is 0. The van der Waals surface area contributed by atoms with Crippen LogP contribution in [0.4, 0.5) is 27.4 Å². The zero-order chi connectivity index (χ0) is 15.4. The lowest BCUT2D eigenvalue weighted by Crippen LogP contribution is -2.03. The van der Waals surface area contributed by atoms with Gasteiger partial charge in [-0.15, -0.1) is 0 Å². The number of halogens is 1. The van der Waals surface area contributed by atoms with Gasteiger partial charge in [0.1, 0.15) is 17.5 Å². The summed E-state index contributed by atoms with van der Waals surface area (Å²) in [5.41, 5.74) is 1.15. The third-order valence-corrected chi connectivity index (χ3v) is 2.69. The molecule has 2 rings (SSSR count). The predicted molar refractivity (Wildman–Crippen MR) is 79.5 cm³/mol. The number of aryl methyl sites for hydroxylation is 1. The van der Waals surface area contributed by atoms with Gasteiger partial charge < -0.3 is 10.6 Å². The molecule has 110 valence electrons. The van der Waals surface area contributed by atoms with Gasteiger partial charge in [-0.3, -0.25) is 10.1 Å². The van der Waals surface area contributed by atoms with Crippen LogP contribution in [-0.4, -0.2) is 16.5 Å². The Hall–Kier alpha value is -2.70. The van der Waals surface area contributed by atoms with Crippen molar-refractivity contribution >= 4 is 23.0 Å². The standard InChI is InChI=1S/C14H15FN4O2/c1-3-16-13-7-12(19(20)21)8-14(18-13)17-11-5-9(2)4-10(15)6-11/h4-8H,3H2,1-2H3,(H2,16,17,18). The zero-order valence-electron chi connectivity index (χ0n) is 11.7. The summed E-state index contributed by atoms with van der Waals surface area (Å²) in [7, 11) is 0. The predicted octanol–water partition coefficient (Wildman–Crippen LogP) is 3.61. The highest BCUT2D eigenvalue weighted by Crippen LogP contribution is 2.24. The number of aromatic nitrogens is 1. The molecule has 0 unspecified atom stereocenters. The van der Waals surface area contributed by atoms with E-state index in [-0.39, 0.29) is 17.3 Å². The summed E-state index contributed by atoms with van der Waals surface area (Å²) in [5, 5.41) is 16.7.